The lowest BCUT2D eigenvalue weighted by molar-refractivity contribution is -0.0480. The van der Waals surface area contributed by atoms with E-state index in [0.717, 1.165) is 25.7 Å². The minimum absolute atomic E-state index is 0.635. The van der Waals surface area contributed by atoms with Crippen LogP contribution >= 0.6 is 0 Å². The Labute approximate surface area is 130 Å². The molecular weight excluding hydrogens is 258 g/mol. The molecule has 1 aromatic carbocycles. The molecule has 0 aromatic heterocycles. The third-order valence-electron chi connectivity index (χ3n) is 4.53. The minimum Gasteiger partial charge on any atom is -0.381 e. The summed E-state index contributed by atoms with van der Waals surface area (Å²) in [6.45, 7) is 16.3. The highest BCUT2D eigenvalue weighted by Gasteiger charge is 2.24. The summed E-state index contributed by atoms with van der Waals surface area (Å²) in [5.41, 5.74) is 6.12. The first-order chi connectivity index (χ1) is 10.1. The molecule has 1 fully saturated rings. The number of fused-ring (bicyclic) bond motifs is 1. The number of hydrogen-bond donors (Lipinski definition) is 0. The second kappa shape index (κ2) is 7.42. The molecule has 2 nitrogen and oxygen atoms in total. The second-order valence-corrected chi connectivity index (χ2v) is 6.52. The van der Waals surface area contributed by atoms with E-state index in [1.807, 2.05) is 13.8 Å². The molecule has 21 heavy (non-hydrogen) atoms. The maximum Gasteiger partial charge on any atom is 0.0528 e. The van der Waals surface area contributed by atoms with Crippen molar-refractivity contribution >= 4 is 0 Å². The lowest BCUT2D eigenvalue weighted by Gasteiger charge is -2.35. The van der Waals surface area contributed by atoms with E-state index in [9.17, 15) is 0 Å². The Morgan fingerprint density at radius 2 is 1.90 bits per heavy atom. The fourth-order valence-corrected chi connectivity index (χ4v) is 3.34. The van der Waals surface area contributed by atoms with Gasteiger partial charge in [-0.1, -0.05) is 39.8 Å². The van der Waals surface area contributed by atoms with Crippen LogP contribution in [0.1, 0.15) is 55.9 Å². The zero-order chi connectivity index (χ0) is 15.4. The molecule has 0 aliphatic carbocycles. The van der Waals surface area contributed by atoms with Gasteiger partial charge in [-0.25, -0.2) is 0 Å². The van der Waals surface area contributed by atoms with Crippen LogP contribution in [0.25, 0.3) is 0 Å². The van der Waals surface area contributed by atoms with Crippen molar-refractivity contribution in [3.05, 3.63) is 34.4 Å². The zero-order valence-electron chi connectivity index (χ0n) is 14.4. The summed E-state index contributed by atoms with van der Waals surface area (Å²) in [6.07, 6.45) is 1.21. The van der Waals surface area contributed by atoms with Crippen LogP contribution in [-0.2, 0) is 17.7 Å². The van der Waals surface area contributed by atoms with E-state index in [1.54, 1.807) is 11.1 Å². The molecule has 3 rings (SSSR count). The second-order valence-electron chi connectivity index (χ2n) is 6.52. The smallest absolute Gasteiger partial charge is 0.0528 e. The highest BCUT2D eigenvalue weighted by Crippen LogP contribution is 2.28. The van der Waals surface area contributed by atoms with Gasteiger partial charge in [0.05, 0.1) is 13.2 Å². The Bertz CT molecular complexity index is 463. The number of aryl methyl sites for hydroxylation is 1. The summed E-state index contributed by atoms with van der Waals surface area (Å²) in [4.78, 5) is 2.60. The summed E-state index contributed by atoms with van der Waals surface area (Å²) in [5, 5.41) is 0. The molecule has 2 heteroatoms. The van der Waals surface area contributed by atoms with Gasteiger partial charge in [0, 0.05) is 25.6 Å². The third-order valence-corrected chi connectivity index (χ3v) is 4.53. The van der Waals surface area contributed by atoms with Gasteiger partial charge in [0.1, 0.15) is 0 Å². The third kappa shape index (κ3) is 3.87. The Morgan fingerprint density at radius 3 is 2.48 bits per heavy atom. The van der Waals surface area contributed by atoms with Crippen LogP contribution in [0, 0.1) is 12.8 Å². The standard InChI is InChI=1S/C17H25NO.C2H6/c1-12(2)17-7-15-4-5-18(8-14-10-19-11-14)9-16(15)6-13(17)3;1-2/h6-7,12,14H,4-5,8-11H2,1-3H3;1-2H3. The van der Waals surface area contributed by atoms with Crippen molar-refractivity contribution in [3.8, 4) is 0 Å². The van der Waals surface area contributed by atoms with Crippen molar-refractivity contribution < 1.29 is 4.74 Å². The molecule has 1 aromatic rings. The summed E-state index contributed by atoms with van der Waals surface area (Å²) in [7, 11) is 0. The Kier molecular flexibility index (Phi) is 5.83. The lowest BCUT2D eigenvalue weighted by atomic mass is 9.89. The van der Waals surface area contributed by atoms with E-state index >= 15 is 0 Å². The molecule has 0 saturated carbocycles. The Morgan fingerprint density at radius 1 is 1.19 bits per heavy atom. The average molecular weight is 289 g/mol. The van der Waals surface area contributed by atoms with Gasteiger partial charge in [-0.2, -0.15) is 0 Å². The summed E-state index contributed by atoms with van der Waals surface area (Å²) >= 11 is 0. The highest BCUT2D eigenvalue weighted by molar-refractivity contribution is 5.40. The number of rotatable bonds is 3. The molecule has 2 aliphatic heterocycles. The molecule has 0 spiro atoms. The summed E-state index contributed by atoms with van der Waals surface area (Å²) < 4.78 is 5.28. The fraction of sp³-hybridized carbons (Fsp3) is 0.684. The van der Waals surface area contributed by atoms with Crippen molar-refractivity contribution in [2.45, 2.75) is 53.5 Å². The molecular formula is C19H31NO. The largest absolute Gasteiger partial charge is 0.381 e. The Hall–Kier alpha value is -0.860. The number of hydrogen-bond acceptors (Lipinski definition) is 2. The molecule has 0 radical (unpaired) electrons. The van der Waals surface area contributed by atoms with Crippen LogP contribution in [0.3, 0.4) is 0 Å². The fourth-order valence-electron chi connectivity index (χ4n) is 3.34. The predicted octanol–water partition coefficient (Wildman–Crippen LogP) is 4.15. The molecule has 118 valence electrons. The first-order valence-corrected chi connectivity index (χ1v) is 8.56. The lowest BCUT2D eigenvalue weighted by Crippen LogP contribution is -2.41. The summed E-state index contributed by atoms with van der Waals surface area (Å²) in [5.74, 6) is 1.41. The van der Waals surface area contributed by atoms with Gasteiger partial charge < -0.3 is 4.74 Å². The van der Waals surface area contributed by atoms with Gasteiger partial charge in [-0.15, -0.1) is 0 Å². The molecule has 2 heterocycles. The highest BCUT2D eigenvalue weighted by atomic mass is 16.5. The van der Waals surface area contributed by atoms with Crippen LogP contribution in [-0.4, -0.2) is 31.2 Å². The van der Waals surface area contributed by atoms with Crippen molar-refractivity contribution in [1.82, 2.24) is 4.90 Å². The van der Waals surface area contributed by atoms with Crippen LogP contribution < -0.4 is 0 Å². The van der Waals surface area contributed by atoms with Crippen molar-refractivity contribution in [1.29, 1.82) is 0 Å². The summed E-state index contributed by atoms with van der Waals surface area (Å²) in [6, 6.07) is 4.88. The SMILES string of the molecule is CC.Cc1cc2c(cc1C(C)C)CCN(CC1COC1)C2. The number of ether oxygens (including phenoxy) is 1. The molecule has 1 saturated heterocycles. The predicted molar refractivity (Wildman–Crippen MR) is 89.9 cm³/mol. The van der Waals surface area contributed by atoms with Crippen molar-refractivity contribution in [2.75, 3.05) is 26.3 Å². The number of nitrogens with zero attached hydrogens (tertiary/aromatic N) is 1. The first kappa shape index (κ1) is 16.5. The van der Waals surface area contributed by atoms with Crippen LogP contribution in [0.4, 0.5) is 0 Å². The molecule has 2 aliphatic rings. The maximum atomic E-state index is 5.28. The minimum atomic E-state index is 0.635. The van der Waals surface area contributed by atoms with Gasteiger partial charge in [-0.3, -0.25) is 4.90 Å². The van der Waals surface area contributed by atoms with Crippen LogP contribution in [0.2, 0.25) is 0 Å². The van der Waals surface area contributed by atoms with E-state index in [1.165, 1.54) is 30.6 Å². The number of benzene rings is 1. The molecule has 0 unspecified atom stereocenters. The van der Waals surface area contributed by atoms with Crippen LogP contribution in [0.15, 0.2) is 12.1 Å². The monoisotopic (exact) mass is 289 g/mol. The van der Waals surface area contributed by atoms with E-state index in [2.05, 4.69) is 37.8 Å². The molecule has 0 N–H and O–H groups in total. The van der Waals surface area contributed by atoms with E-state index in [4.69, 9.17) is 4.74 Å². The van der Waals surface area contributed by atoms with Gasteiger partial charge in [0.25, 0.3) is 0 Å². The topological polar surface area (TPSA) is 12.5 Å². The normalized spacial score (nSPS) is 18.8. The molecule has 0 bridgehead atoms. The van der Waals surface area contributed by atoms with E-state index in [-0.39, 0.29) is 0 Å². The van der Waals surface area contributed by atoms with Gasteiger partial charge in [0.15, 0.2) is 0 Å². The van der Waals surface area contributed by atoms with E-state index < -0.39 is 0 Å². The van der Waals surface area contributed by atoms with Crippen LogP contribution in [0.5, 0.6) is 0 Å². The van der Waals surface area contributed by atoms with Crippen molar-refractivity contribution in [3.63, 3.8) is 0 Å². The average Bonchev–Trinajstić information content (AvgIpc) is 2.44. The molecule has 0 atom stereocenters. The van der Waals surface area contributed by atoms with Crippen molar-refractivity contribution in [2.24, 2.45) is 5.92 Å². The van der Waals surface area contributed by atoms with Gasteiger partial charge in [0.2, 0.25) is 0 Å². The van der Waals surface area contributed by atoms with Gasteiger partial charge in [-0.05, 0) is 41.5 Å². The quantitative estimate of drug-likeness (QED) is 0.829. The van der Waals surface area contributed by atoms with E-state index in [0.29, 0.717) is 5.92 Å². The molecule has 0 amide bonds. The Balaban J connectivity index is 0.000000774. The zero-order valence-corrected chi connectivity index (χ0v) is 14.4. The maximum absolute atomic E-state index is 5.28. The van der Waals surface area contributed by atoms with Gasteiger partial charge >= 0.3 is 0 Å². The first-order valence-electron chi connectivity index (χ1n) is 8.56.